The molecule has 0 bridgehead atoms. The van der Waals surface area contributed by atoms with Crippen LogP contribution in [0.2, 0.25) is 0 Å². The first-order chi connectivity index (χ1) is 8.77. The van der Waals surface area contributed by atoms with Crippen molar-refractivity contribution < 1.29 is 10.2 Å². The Morgan fingerprint density at radius 1 is 0.722 bits per heavy atom. The quantitative estimate of drug-likeness (QED) is 0.770. The Balaban J connectivity index is 2.03. The summed E-state index contributed by atoms with van der Waals surface area (Å²) in [4.78, 5) is 0. The van der Waals surface area contributed by atoms with Gasteiger partial charge in [-0.05, 0) is 24.0 Å². The number of allylic oxidation sites excluding steroid dienone is 8. The van der Waals surface area contributed by atoms with E-state index in [0.29, 0.717) is 11.1 Å². The Labute approximate surface area is 106 Å². The SMILES string of the molecule is Oc1c(C2=CC=CC2)ccc(C2=CC=CC2)c1O. The molecule has 0 radical (unpaired) electrons. The summed E-state index contributed by atoms with van der Waals surface area (Å²) in [6.45, 7) is 0. The van der Waals surface area contributed by atoms with Gasteiger partial charge in [0.25, 0.3) is 0 Å². The van der Waals surface area contributed by atoms with Crippen LogP contribution in [0.15, 0.2) is 48.6 Å². The number of phenolic OH excluding ortho intramolecular Hbond substituents is 2. The lowest BCUT2D eigenvalue weighted by Gasteiger charge is -2.12. The molecule has 2 aliphatic carbocycles. The van der Waals surface area contributed by atoms with E-state index in [0.717, 1.165) is 24.0 Å². The van der Waals surface area contributed by atoms with Gasteiger partial charge in [0.15, 0.2) is 11.5 Å². The van der Waals surface area contributed by atoms with E-state index >= 15 is 0 Å². The van der Waals surface area contributed by atoms with Crippen LogP contribution in [-0.2, 0) is 0 Å². The van der Waals surface area contributed by atoms with Crippen molar-refractivity contribution in [2.24, 2.45) is 0 Å². The van der Waals surface area contributed by atoms with E-state index in [1.165, 1.54) is 0 Å². The summed E-state index contributed by atoms with van der Waals surface area (Å²) in [6, 6.07) is 3.75. The predicted octanol–water partition coefficient (Wildman–Crippen LogP) is 3.78. The van der Waals surface area contributed by atoms with Gasteiger partial charge in [0.1, 0.15) is 0 Å². The average Bonchev–Trinajstić information content (AvgIpc) is 3.03. The molecular formula is C16H14O2. The summed E-state index contributed by atoms with van der Waals surface area (Å²) >= 11 is 0. The second kappa shape index (κ2) is 4.22. The van der Waals surface area contributed by atoms with Gasteiger partial charge in [0, 0.05) is 11.1 Å². The largest absolute Gasteiger partial charge is 0.504 e. The minimum absolute atomic E-state index is 0.0183. The first kappa shape index (κ1) is 10.9. The minimum atomic E-state index is -0.0183. The van der Waals surface area contributed by atoms with Gasteiger partial charge in [-0.2, -0.15) is 0 Å². The molecule has 0 fully saturated rings. The maximum atomic E-state index is 10.1. The van der Waals surface area contributed by atoms with Gasteiger partial charge in [-0.25, -0.2) is 0 Å². The topological polar surface area (TPSA) is 40.5 Å². The number of hydrogen-bond donors (Lipinski definition) is 2. The van der Waals surface area contributed by atoms with Gasteiger partial charge in [0.2, 0.25) is 0 Å². The average molecular weight is 238 g/mol. The molecule has 0 unspecified atom stereocenters. The van der Waals surface area contributed by atoms with Gasteiger partial charge in [-0.1, -0.05) is 48.6 Å². The lowest BCUT2D eigenvalue weighted by molar-refractivity contribution is 0.401. The second-order valence-electron chi connectivity index (χ2n) is 4.51. The summed E-state index contributed by atoms with van der Waals surface area (Å²) in [7, 11) is 0. The maximum Gasteiger partial charge on any atom is 0.165 e. The van der Waals surface area contributed by atoms with Crippen LogP contribution in [0.4, 0.5) is 0 Å². The molecule has 2 N–H and O–H groups in total. The van der Waals surface area contributed by atoms with E-state index in [2.05, 4.69) is 0 Å². The summed E-state index contributed by atoms with van der Waals surface area (Å²) in [5.41, 5.74) is 3.50. The van der Waals surface area contributed by atoms with Gasteiger partial charge in [-0.15, -0.1) is 0 Å². The van der Waals surface area contributed by atoms with E-state index in [-0.39, 0.29) is 11.5 Å². The lowest BCUT2D eigenvalue weighted by Crippen LogP contribution is -1.88. The molecule has 3 rings (SSSR count). The molecule has 0 saturated heterocycles. The Hall–Kier alpha value is -2.22. The van der Waals surface area contributed by atoms with Crippen LogP contribution < -0.4 is 0 Å². The molecule has 2 nitrogen and oxygen atoms in total. The van der Waals surface area contributed by atoms with E-state index < -0.39 is 0 Å². The standard InChI is InChI=1S/C16H14O2/c17-15-13(11-5-1-2-6-11)9-10-14(16(15)18)12-7-3-4-8-12/h1-5,7,9-10,17-18H,6,8H2. The van der Waals surface area contributed by atoms with Crippen LogP contribution in [-0.4, -0.2) is 10.2 Å². The highest BCUT2D eigenvalue weighted by atomic mass is 16.3. The van der Waals surface area contributed by atoms with Crippen LogP contribution in [0, 0.1) is 0 Å². The molecule has 0 heterocycles. The zero-order valence-corrected chi connectivity index (χ0v) is 9.93. The Morgan fingerprint density at radius 3 is 1.50 bits per heavy atom. The number of rotatable bonds is 2. The summed E-state index contributed by atoms with van der Waals surface area (Å²) in [6.07, 6.45) is 13.5. The first-order valence-electron chi connectivity index (χ1n) is 6.04. The Morgan fingerprint density at radius 2 is 1.17 bits per heavy atom. The lowest BCUT2D eigenvalue weighted by atomic mass is 9.97. The van der Waals surface area contributed by atoms with Crippen molar-refractivity contribution >= 4 is 11.1 Å². The van der Waals surface area contributed by atoms with Crippen LogP contribution in [0.25, 0.3) is 11.1 Å². The van der Waals surface area contributed by atoms with E-state index in [1.807, 2.05) is 48.6 Å². The molecule has 1 aromatic carbocycles. The van der Waals surface area contributed by atoms with Crippen molar-refractivity contribution in [1.82, 2.24) is 0 Å². The van der Waals surface area contributed by atoms with Crippen LogP contribution in [0.3, 0.4) is 0 Å². The van der Waals surface area contributed by atoms with Crippen molar-refractivity contribution in [2.75, 3.05) is 0 Å². The molecule has 0 aliphatic heterocycles. The molecule has 0 amide bonds. The van der Waals surface area contributed by atoms with Crippen LogP contribution in [0.1, 0.15) is 24.0 Å². The zero-order chi connectivity index (χ0) is 12.5. The van der Waals surface area contributed by atoms with Gasteiger partial charge >= 0.3 is 0 Å². The van der Waals surface area contributed by atoms with Crippen LogP contribution >= 0.6 is 0 Å². The fourth-order valence-electron chi connectivity index (χ4n) is 2.39. The molecule has 2 heteroatoms. The number of aromatic hydroxyl groups is 2. The first-order valence-corrected chi connectivity index (χ1v) is 6.04. The van der Waals surface area contributed by atoms with Crippen molar-refractivity contribution in [2.45, 2.75) is 12.8 Å². The fraction of sp³-hybridized carbons (Fsp3) is 0.125. The molecular weight excluding hydrogens is 224 g/mol. The smallest absolute Gasteiger partial charge is 0.165 e. The molecule has 0 atom stereocenters. The number of phenols is 2. The molecule has 0 saturated carbocycles. The molecule has 90 valence electrons. The van der Waals surface area contributed by atoms with Crippen molar-refractivity contribution in [3.63, 3.8) is 0 Å². The summed E-state index contributed by atoms with van der Waals surface area (Å²) < 4.78 is 0. The number of benzene rings is 1. The van der Waals surface area contributed by atoms with E-state index in [1.54, 1.807) is 0 Å². The Kier molecular flexibility index (Phi) is 2.56. The zero-order valence-electron chi connectivity index (χ0n) is 9.93. The second-order valence-corrected chi connectivity index (χ2v) is 4.51. The molecule has 2 aliphatic rings. The summed E-state index contributed by atoms with van der Waals surface area (Å²) in [5, 5.41) is 20.3. The van der Waals surface area contributed by atoms with Gasteiger partial charge < -0.3 is 10.2 Å². The van der Waals surface area contributed by atoms with Gasteiger partial charge in [-0.3, -0.25) is 0 Å². The van der Waals surface area contributed by atoms with Crippen molar-refractivity contribution in [3.8, 4) is 11.5 Å². The highest BCUT2D eigenvalue weighted by Gasteiger charge is 2.17. The van der Waals surface area contributed by atoms with E-state index in [4.69, 9.17) is 0 Å². The molecule has 0 spiro atoms. The monoisotopic (exact) mass is 238 g/mol. The van der Waals surface area contributed by atoms with Gasteiger partial charge in [0.05, 0.1) is 0 Å². The van der Waals surface area contributed by atoms with Crippen molar-refractivity contribution in [1.29, 1.82) is 0 Å². The highest BCUT2D eigenvalue weighted by Crippen LogP contribution is 2.42. The third kappa shape index (κ3) is 1.66. The highest BCUT2D eigenvalue weighted by molar-refractivity contribution is 5.82. The fourth-order valence-corrected chi connectivity index (χ4v) is 2.39. The maximum absolute atomic E-state index is 10.1. The third-order valence-corrected chi connectivity index (χ3v) is 3.39. The van der Waals surface area contributed by atoms with Crippen molar-refractivity contribution in [3.05, 3.63) is 59.7 Å². The Bertz CT molecular complexity index is 561. The third-order valence-electron chi connectivity index (χ3n) is 3.39. The molecule has 0 aromatic heterocycles. The van der Waals surface area contributed by atoms with Crippen LogP contribution in [0.5, 0.6) is 11.5 Å². The minimum Gasteiger partial charge on any atom is -0.504 e. The van der Waals surface area contributed by atoms with E-state index in [9.17, 15) is 10.2 Å². The normalized spacial score (nSPS) is 17.1. The predicted molar refractivity (Wildman–Crippen MR) is 73.2 cm³/mol. The number of hydrogen-bond acceptors (Lipinski definition) is 2. The summed E-state index contributed by atoms with van der Waals surface area (Å²) in [5.74, 6) is -0.0366. The molecule has 1 aromatic rings. The molecule has 18 heavy (non-hydrogen) atoms.